The Morgan fingerprint density at radius 2 is 1.78 bits per heavy atom. The van der Waals surface area contributed by atoms with Crippen molar-refractivity contribution in [1.82, 2.24) is 14.1 Å². The van der Waals surface area contributed by atoms with Crippen LogP contribution in [0.4, 0.5) is 5.69 Å². The Morgan fingerprint density at radius 1 is 1.05 bits per heavy atom. The lowest BCUT2D eigenvalue weighted by Gasteiger charge is -2.35. The van der Waals surface area contributed by atoms with Gasteiger partial charge in [-0.15, -0.1) is 0 Å². The fourth-order valence-electron chi connectivity index (χ4n) is 6.50. The van der Waals surface area contributed by atoms with Crippen LogP contribution in [0.1, 0.15) is 61.3 Å². The van der Waals surface area contributed by atoms with Crippen molar-refractivity contribution < 1.29 is 17.9 Å². The lowest BCUT2D eigenvalue weighted by atomic mass is 9.70. The molecule has 1 N–H and O–H groups in total. The van der Waals surface area contributed by atoms with Gasteiger partial charge in [-0.25, -0.2) is 13.1 Å². The van der Waals surface area contributed by atoms with Gasteiger partial charge in [-0.2, -0.15) is 9.40 Å². The summed E-state index contributed by atoms with van der Waals surface area (Å²) < 4.78 is 35.0. The van der Waals surface area contributed by atoms with Crippen LogP contribution < -0.4 is 5.32 Å². The highest BCUT2D eigenvalue weighted by Crippen LogP contribution is 2.68. The maximum Gasteiger partial charge on any atom is 0.276 e. The van der Waals surface area contributed by atoms with Gasteiger partial charge in [0.2, 0.25) is 10.0 Å². The first-order valence-corrected chi connectivity index (χ1v) is 14.3. The summed E-state index contributed by atoms with van der Waals surface area (Å²) in [6.45, 7) is 8.27. The topological polar surface area (TPSA) is 93.5 Å². The molecule has 3 aromatic rings. The van der Waals surface area contributed by atoms with E-state index in [1.54, 1.807) is 18.2 Å². The lowest BCUT2D eigenvalue weighted by Crippen LogP contribution is -2.40. The van der Waals surface area contributed by atoms with Gasteiger partial charge in [0.15, 0.2) is 5.69 Å². The summed E-state index contributed by atoms with van der Waals surface area (Å²) in [5.41, 5.74) is 3.82. The van der Waals surface area contributed by atoms with Crippen molar-refractivity contribution >= 4 is 21.6 Å². The highest BCUT2D eigenvalue weighted by Gasteiger charge is 2.63. The van der Waals surface area contributed by atoms with Crippen LogP contribution in [-0.2, 0) is 20.2 Å². The summed E-state index contributed by atoms with van der Waals surface area (Å²) in [4.78, 5) is 13.9. The number of nitrogens with one attached hydrogen (secondary N) is 1. The number of hydrogen-bond donors (Lipinski definition) is 1. The summed E-state index contributed by atoms with van der Waals surface area (Å²) in [6, 6.07) is 16.4. The van der Waals surface area contributed by atoms with Crippen LogP contribution in [0.3, 0.4) is 0 Å². The van der Waals surface area contributed by atoms with Crippen molar-refractivity contribution in [3.05, 3.63) is 71.5 Å². The number of morpholine rings is 1. The molecule has 2 heterocycles. The fraction of sp³-hybridized carbons (Fsp3) is 0.429. The molecule has 2 aromatic carbocycles. The quantitative estimate of drug-likeness (QED) is 0.541. The van der Waals surface area contributed by atoms with Crippen molar-refractivity contribution in [3.63, 3.8) is 0 Å². The number of aromatic nitrogens is 2. The van der Waals surface area contributed by atoms with Gasteiger partial charge in [-0.05, 0) is 54.5 Å². The van der Waals surface area contributed by atoms with Gasteiger partial charge in [-0.3, -0.25) is 4.79 Å². The molecule has 6 rings (SSSR count). The van der Waals surface area contributed by atoms with Crippen molar-refractivity contribution in [2.45, 2.75) is 49.8 Å². The number of ether oxygens (including phenoxy) is 1. The SMILES string of the molecule is CC12CCC(c3c(C(=O)Nc4cccc(S(=O)(=O)N5CCOCC5)c4)nn(-c4ccccc4)c31)C2(C)C. The summed E-state index contributed by atoms with van der Waals surface area (Å²) in [5.74, 6) is -0.0856. The van der Waals surface area contributed by atoms with E-state index in [1.165, 1.54) is 10.4 Å². The van der Waals surface area contributed by atoms with Crippen LogP contribution in [0.2, 0.25) is 0 Å². The number of para-hydroxylation sites is 1. The number of amides is 1. The van der Waals surface area contributed by atoms with E-state index in [9.17, 15) is 13.2 Å². The van der Waals surface area contributed by atoms with Gasteiger partial charge < -0.3 is 10.1 Å². The third kappa shape index (κ3) is 3.59. The number of carbonyl (C=O) groups excluding carboxylic acids is 1. The Bertz CT molecular complexity index is 1480. The number of sulfonamides is 1. The smallest absolute Gasteiger partial charge is 0.276 e. The van der Waals surface area contributed by atoms with E-state index in [2.05, 4.69) is 26.1 Å². The van der Waals surface area contributed by atoms with E-state index in [4.69, 9.17) is 9.84 Å². The third-order valence-electron chi connectivity index (χ3n) is 8.94. The second-order valence-electron chi connectivity index (χ2n) is 11.0. The Balaban J connectivity index is 1.37. The van der Waals surface area contributed by atoms with Gasteiger partial charge in [0.25, 0.3) is 5.91 Å². The van der Waals surface area contributed by atoms with Crippen molar-refractivity contribution in [3.8, 4) is 5.69 Å². The number of benzene rings is 2. The molecule has 2 unspecified atom stereocenters. The molecule has 2 fully saturated rings. The predicted octanol–water partition coefficient (Wildman–Crippen LogP) is 4.32. The number of carbonyl (C=O) groups is 1. The molecule has 9 heteroatoms. The fourth-order valence-corrected chi connectivity index (χ4v) is 7.96. The molecule has 2 atom stereocenters. The monoisotopic (exact) mass is 520 g/mol. The van der Waals surface area contributed by atoms with E-state index in [0.29, 0.717) is 37.7 Å². The molecular formula is C28H32N4O4S. The van der Waals surface area contributed by atoms with Gasteiger partial charge >= 0.3 is 0 Å². The Hall–Kier alpha value is -3.01. The summed E-state index contributed by atoms with van der Waals surface area (Å²) >= 11 is 0. The number of nitrogens with zero attached hydrogens (tertiary/aromatic N) is 3. The molecule has 37 heavy (non-hydrogen) atoms. The lowest BCUT2D eigenvalue weighted by molar-refractivity contribution is 0.0730. The van der Waals surface area contributed by atoms with Crippen LogP contribution in [0, 0.1) is 5.41 Å². The van der Waals surface area contributed by atoms with Gasteiger partial charge in [-0.1, -0.05) is 45.0 Å². The number of hydrogen-bond acceptors (Lipinski definition) is 5. The molecule has 1 saturated heterocycles. The minimum atomic E-state index is -3.67. The summed E-state index contributed by atoms with van der Waals surface area (Å²) in [6.07, 6.45) is 2.07. The standard InChI is InChI=1S/C28H32N4O4S/c1-27(2)22-12-13-28(27,3)25-23(22)24(30-32(25)20-9-5-4-6-10-20)26(33)29-19-8-7-11-21(18-19)37(34,35)31-14-16-36-17-15-31/h4-11,18,22H,12-17H2,1-3H3,(H,29,33). The highest BCUT2D eigenvalue weighted by molar-refractivity contribution is 7.89. The van der Waals surface area contributed by atoms with Crippen LogP contribution in [0.15, 0.2) is 59.5 Å². The predicted molar refractivity (Wildman–Crippen MR) is 141 cm³/mol. The Kier molecular flexibility index (Phi) is 5.60. The molecule has 0 radical (unpaired) electrons. The van der Waals surface area contributed by atoms with Crippen molar-refractivity contribution in [2.75, 3.05) is 31.6 Å². The number of rotatable bonds is 5. The van der Waals surface area contributed by atoms with E-state index in [1.807, 2.05) is 35.0 Å². The molecular weight excluding hydrogens is 488 g/mol. The zero-order valence-electron chi connectivity index (χ0n) is 21.4. The van der Waals surface area contributed by atoms with Crippen LogP contribution in [0.25, 0.3) is 5.69 Å². The molecule has 1 amide bonds. The van der Waals surface area contributed by atoms with Crippen LogP contribution in [0.5, 0.6) is 0 Å². The van der Waals surface area contributed by atoms with Gasteiger partial charge in [0.05, 0.1) is 29.5 Å². The second kappa shape index (κ2) is 8.51. The molecule has 8 nitrogen and oxygen atoms in total. The first kappa shape index (κ1) is 24.3. The Labute approximate surface area is 217 Å². The zero-order chi connectivity index (χ0) is 26.0. The highest BCUT2D eigenvalue weighted by atomic mass is 32.2. The molecule has 1 aliphatic heterocycles. The maximum atomic E-state index is 13.7. The molecule has 2 aliphatic carbocycles. The van der Waals surface area contributed by atoms with Crippen LogP contribution >= 0.6 is 0 Å². The molecule has 3 aliphatic rings. The average molecular weight is 521 g/mol. The number of fused-ring (bicyclic) bond motifs is 5. The maximum absolute atomic E-state index is 13.7. The largest absolute Gasteiger partial charge is 0.379 e. The second-order valence-corrected chi connectivity index (χ2v) is 12.9. The Morgan fingerprint density at radius 3 is 2.51 bits per heavy atom. The first-order chi connectivity index (χ1) is 17.6. The van der Waals surface area contributed by atoms with Crippen molar-refractivity contribution in [2.24, 2.45) is 5.41 Å². The van der Waals surface area contributed by atoms with E-state index >= 15 is 0 Å². The molecule has 0 spiro atoms. The normalized spacial score (nSPS) is 24.7. The van der Waals surface area contributed by atoms with E-state index < -0.39 is 10.0 Å². The minimum absolute atomic E-state index is 0.00167. The third-order valence-corrected chi connectivity index (χ3v) is 10.8. The summed E-state index contributed by atoms with van der Waals surface area (Å²) in [5, 5.41) is 7.80. The van der Waals surface area contributed by atoms with Gasteiger partial charge in [0.1, 0.15) is 0 Å². The molecule has 1 aromatic heterocycles. The minimum Gasteiger partial charge on any atom is -0.379 e. The number of anilines is 1. The van der Waals surface area contributed by atoms with Crippen LogP contribution in [-0.4, -0.2) is 54.7 Å². The molecule has 1 saturated carbocycles. The van der Waals surface area contributed by atoms with Crippen molar-refractivity contribution in [1.29, 1.82) is 0 Å². The van der Waals surface area contributed by atoms with Gasteiger partial charge in [0, 0.05) is 29.8 Å². The zero-order valence-corrected chi connectivity index (χ0v) is 22.2. The summed E-state index contributed by atoms with van der Waals surface area (Å²) in [7, 11) is -3.67. The van der Waals surface area contributed by atoms with E-state index in [0.717, 1.165) is 29.8 Å². The molecule has 2 bridgehead atoms. The first-order valence-electron chi connectivity index (χ1n) is 12.8. The van der Waals surface area contributed by atoms with E-state index in [-0.39, 0.29) is 27.6 Å². The average Bonchev–Trinajstić information content (AvgIpc) is 3.47. The molecule has 194 valence electrons.